The van der Waals surface area contributed by atoms with Crippen LogP contribution in [0.2, 0.25) is 10.0 Å². The Hall–Kier alpha value is -2.65. The molecule has 1 unspecified atom stereocenters. The largest absolute Gasteiger partial charge is 0.591 e. The molecular weight excluding hydrogens is 553 g/mol. The van der Waals surface area contributed by atoms with E-state index in [2.05, 4.69) is 22.0 Å². The van der Waals surface area contributed by atoms with Gasteiger partial charge in [0.1, 0.15) is 21.8 Å². The lowest BCUT2D eigenvalue weighted by Gasteiger charge is -2.40. The molecule has 1 spiro atoms. The molecule has 1 atom stereocenters. The second-order valence-corrected chi connectivity index (χ2v) is 13.9. The highest BCUT2D eigenvalue weighted by molar-refractivity contribution is 7.91. The first-order valence-corrected chi connectivity index (χ1v) is 14.7. The zero-order valence-corrected chi connectivity index (χ0v) is 24.8. The Morgan fingerprint density at radius 2 is 1.74 bits per heavy atom. The lowest BCUT2D eigenvalue weighted by molar-refractivity contribution is 0.0995. The Morgan fingerprint density at radius 1 is 1.08 bits per heavy atom. The number of fused-ring (bicyclic) bond motifs is 1. The summed E-state index contributed by atoms with van der Waals surface area (Å²) in [6, 6.07) is 13.5. The summed E-state index contributed by atoms with van der Waals surface area (Å²) in [6.07, 6.45) is 2.38. The Kier molecular flexibility index (Phi) is 7.44. The summed E-state index contributed by atoms with van der Waals surface area (Å²) in [5, 5.41) is 0.740. The molecule has 2 heterocycles. The van der Waals surface area contributed by atoms with Crippen molar-refractivity contribution >= 4 is 52.0 Å². The van der Waals surface area contributed by atoms with Gasteiger partial charge in [-0.25, -0.2) is 9.97 Å². The molecule has 204 valence electrons. The molecule has 2 N–H and O–H groups in total. The van der Waals surface area contributed by atoms with Crippen molar-refractivity contribution < 1.29 is 9.35 Å². The van der Waals surface area contributed by atoms with Crippen molar-refractivity contribution in [2.75, 3.05) is 18.0 Å². The number of carbonyl (C=O) groups is 1. The first-order chi connectivity index (χ1) is 18.4. The minimum absolute atomic E-state index is 0.0972. The van der Waals surface area contributed by atoms with Crippen LogP contribution in [-0.2, 0) is 17.8 Å². The number of amides is 1. The number of hydrogen-bond donors (Lipinski definition) is 1. The second-order valence-electron chi connectivity index (χ2n) is 11.2. The predicted molar refractivity (Wildman–Crippen MR) is 159 cm³/mol. The summed E-state index contributed by atoms with van der Waals surface area (Å²) < 4.78 is 17.5. The summed E-state index contributed by atoms with van der Waals surface area (Å²) in [5.74, 6) is -0.197. The highest BCUT2D eigenvalue weighted by Crippen LogP contribution is 2.46. The first-order valence-electron chi connectivity index (χ1n) is 12.9. The van der Waals surface area contributed by atoms with Crippen molar-refractivity contribution in [3.8, 4) is 11.3 Å². The molecule has 1 aliphatic heterocycles. The zero-order chi connectivity index (χ0) is 28.1. The van der Waals surface area contributed by atoms with Gasteiger partial charge in [0.25, 0.3) is 5.91 Å². The number of hydrogen-bond acceptors (Lipinski definition) is 6. The molecule has 5 rings (SSSR count). The van der Waals surface area contributed by atoms with E-state index in [4.69, 9.17) is 38.3 Å². The standard InChI is InChI=1S/C29H31Cl2N5O2S/c1-17-23(20-10-7-11-21(30)22(20)31)34-24(26(32)37)27(33-17)36-14-12-29(13-15-36)16-18-8-5-6-9-19(18)25(29)35-39(38)28(2,3)4/h5-11H,12-16H2,1-4H3,(H2,32,37). The van der Waals surface area contributed by atoms with Gasteiger partial charge in [-0.05, 0) is 58.6 Å². The molecule has 1 saturated heterocycles. The molecule has 0 saturated carbocycles. The molecule has 3 aromatic rings. The molecule has 7 nitrogen and oxygen atoms in total. The minimum Gasteiger partial charge on any atom is -0.591 e. The van der Waals surface area contributed by atoms with Crippen molar-refractivity contribution in [3.05, 3.63) is 75.0 Å². The third-order valence-corrected chi connectivity index (χ3v) is 9.73. The lowest BCUT2D eigenvalue weighted by atomic mass is 9.74. The van der Waals surface area contributed by atoms with Crippen molar-refractivity contribution in [1.82, 2.24) is 9.97 Å². The fourth-order valence-electron chi connectivity index (χ4n) is 5.40. The fraction of sp³-hybridized carbons (Fsp3) is 0.379. The number of rotatable bonds is 4. The highest BCUT2D eigenvalue weighted by Gasteiger charge is 2.48. The summed E-state index contributed by atoms with van der Waals surface area (Å²) in [7, 11) is 0. The molecule has 1 aliphatic carbocycles. The van der Waals surface area contributed by atoms with Crippen molar-refractivity contribution in [3.63, 3.8) is 0 Å². The van der Waals surface area contributed by atoms with Crippen molar-refractivity contribution in [1.29, 1.82) is 0 Å². The lowest BCUT2D eigenvalue weighted by Crippen LogP contribution is -2.45. The van der Waals surface area contributed by atoms with Gasteiger partial charge in [-0.2, -0.15) is 0 Å². The quantitative estimate of drug-likeness (QED) is 0.382. The number of nitrogens with zero attached hydrogens (tertiary/aromatic N) is 4. The van der Waals surface area contributed by atoms with Crippen LogP contribution in [-0.4, -0.2) is 44.0 Å². The third-order valence-electron chi connectivity index (χ3n) is 7.51. The molecule has 1 amide bonds. The van der Waals surface area contributed by atoms with Crippen LogP contribution in [0.25, 0.3) is 11.3 Å². The highest BCUT2D eigenvalue weighted by atomic mass is 35.5. The van der Waals surface area contributed by atoms with Crippen LogP contribution in [0, 0.1) is 12.3 Å². The molecule has 1 aromatic heterocycles. The zero-order valence-electron chi connectivity index (χ0n) is 22.4. The molecule has 2 aliphatic rings. The van der Waals surface area contributed by atoms with Gasteiger partial charge in [-0.15, -0.1) is 0 Å². The molecule has 0 radical (unpaired) electrons. The maximum Gasteiger partial charge on any atom is 0.271 e. The Balaban J connectivity index is 1.48. The third kappa shape index (κ3) is 5.15. The van der Waals surface area contributed by atoms with Crippen molar-refractivity contribution in [2.24, 2.45) is 15.5 Å². The van der Waals surface area contributed by atoms with Crippen LogP contribution in [0.4, 0.5) is 5.82 Å². The van der Waals surface area contributed by atoms with Gasteiger partial charge in [-0.1, -0.05) is 64.0 Å². The maximum atomic E-state index is 13.1. The van der Waals surface area contributed by atoms with E-state index in [0.29, 0.717) is 45.9 Å². The Labute approximate surface area is 242 Å². The Morgan fingerprint density at radius 3 is 2.41 bits per heavy atom. The van der Waals surface area contributed by atoms with Gasteiger partial charge in [0.2, 0.25) is 0 Å². The van der Waals surface area contributed by atoms with Crippen LogP contribution in [0.5, 0.6) is 0 Å². The van der Waals surface area contributed by atoms with E-state index in [0.717, 1.165) is 30.5 Å². The molecule has 10 heteroatoms. The molecule has 2 aromatic carbocycles. The number of anilines is 1. The topological polar surface area (TPSA) is 108 Å². The fourth-order valence-corrected chi connectivity index (χ4v) is 6.52. The predicted octanol–water partition coefficient (Wildman–Crippen LogP) is 5.95. The van der Waals surface area contributed by atoms with Crippen LogP contribution in [0.15, 0.2) is 46.9 Å². The van der Waals surface area contributed by atoms with Gasteiger partial charge in [0.15, 0.2) is 11.5 Å². The smallest absolute Gasteiger partial charge is 0.271 e. The SMILES string of the molecule is Cc1nc(N2CCC3(CC2)Cc2ccccc2C3=N[S+]([O-])C(C)(C)C)c(C(N)=O)nc1-c1cccc(Cl)c1Cl. The summed E-state index contributed by atoms with van der Waals surface area (Å²) >= 11 is 11.3. The monoisotopic (exact) mass is 583 g/mol. The van der Waals surface area contributed by atoms with Gasteiger partial charge < -0.3 is 15.2 Å². The number of benzene rings is 2. The number of halogens is 2. The number of primary amides is 1. The molecule has 1 fully saturated rings. The summed E-state index contributed by atoms with van der Waals surface area (Å²) in [6.45, 7) is 8.91. The van der Waals surface area contributed by atoms with Gasteiger partial charge >= 0.3 is 0 Å². The van der Waals surface area contributed by atoms with E-state index < -0.39 is 22.0 Å². The molecular formula is C29H31Cl2N5O2S. The van der Waals surface area contributed by atoms with E-state index in [9.17, 15) is 9.35 Å². The van der Waals surface area contributed by atoms with Crippen LogP contribution < -0.4 is 10.6 Å². The van der Waals surface area contributed by atoms with E-state index in [1.54, 1.807) is 18.2 Å². The van der Waals surface area contributed by atoms with Gasteiger partial charge in [0, 0.05) is 29.6 Å². The van der Waals surface area contributed by atoms with E-state index >= 15 is 0 Å². The molecule has 39 heavy (non-hydrogen) atoms. The van der Waals surface area contributed by atoms with Gasteiger partial charge in [0.05, 0.1) is 21.4 Å². The van der Waals surface area contributed by atoms with E-state index in [1.807, 2.05) is 39.8 Å². The maximum absolute atomic E-state index is 13.1. The van der Waals surface area contributed by atoms with E-state index in [1.165, 1.54) is 5.56 Å². The normalized spacial score (nSPS) is 18.4. The Bertz CT molecular complexity index is 1480. The number of nitrogens with two attached hydrogens (primary N) is 1. The van der Waals surface area contributed by atoms with Crippen LogP contribution in [0.3, 0.4) is 0 Å². The minimum atomic E-state index is -1.37. The number of aryl methyl sites for hydroxylation is 1. The first kappa shape index (κ1) is 27.9. The summed E-state index contributed by atoms with van der Waals surface area (Å²) in [5.41, 5.74) is 10.6. The summed E-state index contributed by atoms with van der Waals surface area (Å²) in [4.78, 5) is 24.1. The number of aromatic nitrogens is 2. The number of carbonyl (C=O) groups excluding carboxylic acids is 1. The van der Waals surface area contributed by atoms with Crippen molar-refractivity contribution in [2.45, 2.75) is 51.7 Å². The second kappa shape index (κ2) is 10.4. The average Bonchev–Trinajstić information content (AvgIpc) is 3.18. The number of piperidine rings is 1. The van der Waals surface area contributed by atoms with Gasteiger partial charge in [-0.3, -0.25) is 4.79 Å². The average molecular weight is 585 g/mol. The van der Waals surface area contributed by atoms with Crippen LogP contribution in [0.1, 0.15) is 60.9 Å². The van der Waals surface area contributed by atoms with E-state index in [-0.39, 0.29) is 11.1 Å². The molecule has 0 bridgehead atoms. The van der Waals surface area contributed by atoms with Crippen LogP contribution >= 0.6 is 23.2 Å².